The van der Waals surface area contributed by atoms with Crippen molar-refractivity contribution in [1.29, 1.82) is 0 Å². The average Bonchev–Trinajstić information content (AvgIpc) is 3.04. The Hall–Kier alpha value is -1.56. The van der Waals surface area contributed by atoms with E-state index in [1.807, 2.05) is 6.92 Å². The molecule has 0 aromatic heterocycles. The minimum absolute atomic E-state index is 0.0337. The maximum Gasteiger partial charge on any atom is 0.244 e. The van der Waals surface area contributed by atoms with Gasteiger partial charge in [-0.25, -0.2) is 0 Å². The van der Waals surface area contributed by atoms with Crippen molar-refractivity contribution in [3.8, 4) is 0 Å². The molecule has 2 heterocycles. The number of nitrogens with zero attached hydrogens (tertiary/aromatic N) is 1. The molecule has 0 aliphatic carbocycles. The Balaban J connectivity index is 1.89. The first-order valence-corrected chi connectivity index (χ1v) is 8.20. The summed E-state index contributed by atoms with van der Waals surface area (Å²) in [6, 6.07) is -0.376. The van der Waals surface area contributed by atoms with E-state index in [4.69, 9.17) is 5.73 Å². The number of carbonyl (C=O) groups excluding carboxylic acids is 2. The number of hydrogen-bond donors (Lipinski definition) is 3. The minimum Gasteiger partial charge on any atom is -0.389 e. The molecule has 6 nitrogen and oxygen atoms in total. The molecule has 0 radical (unpaired) electrons. The van der Waals surface area contributed by atoms with Crippen LogP contribution in [0.4, 0.5) is 0 Å². The molecule has 0 aromatic rings. The molecule has 4 atom stereocenters. The number of rotatable bonds is 5. The molecule has 6 heteroatoms. The smallest absolute Gasteiger partial charge is 0.244 e. The molecule has 2 saturated heterocycles. The van der Waals surface area contributed by atoms with Crippen LogP contribution in [0, 0.1) is 11.8 Å². The zero-order valence-electron chi connectivity index (χ0n) is 13.6. The third kappa shape index (κ3) is 3.80. The second-order valence-electron chi connectivity index (χ2n) is 6.54. The zero-order chi connectivity index (χ0) is 16.3. The molecule has 124 valence electrons. The molecular weight excluding hydrogens is 280 g/mol. The van der Waals surface area contributed by atoms with Crippen LogP contribution in [0.2, 0.25) is 0 Å². The van der Waals surface area contributed by atoms with E-state index in [0.29, 0.717) is 37.6 Å². The molecule has 22 heavy (non-hydrogen) atoms. The van der Waals surface area contributed by atoms with E-state index >= 15 is 0 Å². The fraction of sp³-hybridized carbons (Fsp3) is 0.750. The van der Waals surface area contributed by atoms with Gasteiger partial charge in [0.1, 0.15) is 6.04 Å². The van der Waals surface area contributed by atoms with Crippen LogP contribution in [-0.4, -0.2) is 42.0 Å². The summed E-state index contributed by atoms with van der Waals surface area (Å²) >= 11 is 0. The fourth-order valence-corrected chi connectivity index (χ4v) is 3.40. The van der Waals surface area contributed by atoms with Gasteiger partial charge in [0.05, 0.1) is 6.17 Å². The summed E-state index contributed by atoms with van der Waals surface area (Å²) < 4.78 is 0. The van der Waals surface area contributed by atoms with E-state index in [1.54, 1.807) is 4.90 Å². The second-order valence-corrected chi connectivity index (χ2v) is 6.54. The maximum absolute atomic E-state index is 12.5. The molecule has 0 aromatic carbocycles. The SMILES string of the molecule is C=C1NCCC1CC(N)NC(=O)C1CC(C)CN1C(=O)CC. The van der Waals surface area contributed by atoms with Gasteiger partial charge in [-0.05, 0) is 25.2 Å². The van der Waals surface area contributed by atoms with E-state index in [2.05, 4.69) is 24.1 Å². The molecule has 4 N–H and O–H groups in total. The van der Waals surface area contributed by atoms with Gasteiger partial charge in [-0.3, -0.25) is 9.59 Å². The summed E-state index contributed by atoms with van der Waals surface area (Å²) in [6.07, 6.45) is 2.42. The van der Waals surface area contributed by atoms with Gasteiger partial charge in [-0.1, -0.05) is 20.4 Å². The van der Waals surface area contributed by atoms with Crippen LogP contribution < -0.4 is 16.4 Å². The quantitative estimate of drug-likeness (QED) is 0.647. The lowest BCUT2D eigenvalue weighted by molar-refractivity contribution is -0.138. The van der Waals surface area contributed by atoms with Gasteiger partial charge >= 0.3 is 0 Å². The van der Waals surface area contributed by atoms with E-state index in [0.717, 1.165) is 18.7 Å². The molecule has 4 unspecified atom stereocenters. The van der Waals surface area contributed by atoms with Crippen LogP contribution in [0.25, 0.3) is 0 Å². The van der Waals surface area contributed by atoms with Crippen molar-refractivity contribution in [1.82, 2.24) is 15.5 Å². The highest BCUT2D eigenvalue weighted by atomic mass is 16.2. The molecule has 2 aliphatic heterocycles. The van der Waals surface area contributed by atoms with Crippen LogP contribution >= 0.6 is 0 Å². The highest BCUT2D eigenvalue weighted by Crippen LogP contribution is 2.25. The summed E-state index contributed by atoms with van der Waals surface area (Å²) in [4.78, 5) is 26.1. The number of nitrogens with two attached hydrogens (primary N) is 1. The highest BCUT2D eigenvalue weighted by molar-refractivity contribution is 5.88. The standard InChI is InChI=1S/C16H28N4O2/c1-4-15(21)20-9-10(2)7-13(20)16(22)19-14(17)8-12-5-6-18-11(12)3/h10,12-14,18H,3-9,17H2,1-2H3,(H,19,22). The number of amides is 2. The maximum atomic E-state index is 12.5. The number of nitrogens with one attached hydrogen (secondary N) is 2. The normalized spacial score (nSPS) is 29.3. The van der Waals surface area contributed by atoms with E-state index in [1.165, 1.54) is 0 Å². The monoisotopic (exact) mass is 308 g/mol. The Morgan fingerprint density at radius 2 is 2.27 bits per heavy atom. The predicted molar refractivity (Wildman–Crippen MR) is 85.6 cm³/mol. The first-order chi connectivity index (χ1) is 10.4. The van der Waals surface area contributed by atoms with Crippen molar-refractivity contribution in [2.45, 2.75) is 51.7 Å². The first-order valence-electron chi connectivity index (χ1n) is 8.20. The van der Waals surface area contributed by atoms with Crippen LogP contribution in [-0.2, 0) is 9.59 Å². The minimum atomic E-state index is -0.399. The summed E-state index contributed by atoms with van der Waals surface area (Å²) in [6.45, 7) is 9.44. The van der Waals surface area contributed by atoms with Crippen LogP contribution in [0.5, 0.6) is 0 Å². The Kier molecular flexibility index (Phi) is 5.45. The third-order valence-corrected chi connectivity index (χ3v) is 4.64. The van der Waals surface area contributed by atoms with E-state index in [9.17, 15) is 9.59 Å². The van der Waals surface area contributed by atoms with Gasteiger partial charge in [0.25, 0.3) is 0 Å². The van der Waals surface area contributed by atoms with Gasteiger partial charge in [0.2, 0.25) is 11.8 Å². The molecule has 0 spiro atoms. The van der Waals surface area contributed by atoms with Crippen LogP contribution in [0.15, 0.2) is 12.3 Å². The van der Waals surface area contributed by atoms with Crippen molar-refractivity contribution in [3.05, 3.63) is 12.3 Å². The summed E-state index contributed by atoms with van der Waals surface area (Å²) in [5.74, 6) is 0.564. The molecular formula is C16H28N4O2. The van der Waals surface area contributed by atoms with Crippen molar-refractivity contribution in [2.75, 3.05) is 13.1 Å². The largest absolute Gasteiger partial charge is 0.389 e. The van der Waals surface area contributed by atoms with Crippen LogP contribution in [0.3, 0.4) is 0 Å². The zero-order valence-corrected chi connectivity index (χ0v) is 13.6. The summed E-state index contributed by atoms with van der Waals surface area (Å²) in [7, 11) is 0. The van der Waals surface area contributed by atoms with E-state index < -0.39 is 6.17 Å². The number of hydrogen-bond acceptors (Lipinski definition) is 4. The van der Waals surface area contributed by atoms with Crippen molar-refractivity contribution in [3.63, 3.8) is 0 Å². The van der Waals surface area contributed by atoms with Gasteiger partial charge < -0.3 is 21.3 Å². The Morgan fingerprint density at radius 3 is 2.86 bits per heavy atom. The van der Waals surface area contributed by atoms with Gasteiger partial charge in [0, 0.05) is 31.1 Å². The molecule has 2 amide bonds. The molecule has 2 rings (SSSR count). The van der Waals surface area contributed by atoms with Crippen molar-refractivity contribution in [2.24, 2.45) is 17.6 Å². The van der Waals surface area contributed by atoms with E-state index in [-0.39, 0.29) is 17.9 Å². The second kappa shape index (κ2) is 7.13. The molecule has 2 fully saturated rings. The van der Waals surface area contributed by atoms with Crippen molar-refractivity contribution < 1.29 is 9.59 Å². The Morgan fingerprint density at radius 1 is 1.55 bits per heavy atom. The summed E-state index contributed by atoms with van der Waals surface area (Å²) in [5, 5.41) is 6.08. The molecule has 2 aliphatic rings. The van der Waals surface area contributed by atoms with Gasteiger partial charge in [-0.15, -0.1) is 0 Å². The van der Waals surface area contributed by atoms with Gasteiger partial charge in [-0.2, -0.15) is 0 Å². The first kappa shape index (κ1) is 16.8. The fourth-order valence-electron chi connectivity index (χ4n) is 3.40. The third-order valence-electron chi connectivity index (χ3n) is 4.64. The lowest BCUT2D eigenvalue weighted by Gasteiger charge is -2.26. The van der Waals surface area contributed by atoms with Crippen molar-refractivity contribution >= 4 is 11.8 Å². The molecule has 0 saturated carbocycles. The Bertz CT molecular complexity index is 451. The predicted octanol–water partition coefficient (Wildman–Crippen LogP) is 0.548. The summed E-state index contributed by atoms with van der Waals surface area (Å²) in [5.41, 5.74) is 7.07. The number of likely N-dealkylation sites (tertiary alicyclic amines) is 1. The van der Waals surface area contributed by atoms with Gasteiger partial charge in [0.15, 0.2) is 0 Å². The topological polar surface area (TPSA) is 87.5 Å². The highest BCUT2D eigenvalue weighted by Gasteiger charge is 2.37. The Labute approximate surface area is 132 Å². The van der Waals surface area contributed by atoms with Crippen LogP contribution in [0.1, 0.15) is 39.5 Å². The lowest BCUT2D eigenvalue weighted by Crippen LogP contribution is -2.51. The molecule has 0 bridgehead atoms. The lowest BCUT2D eigenvalue weighted by atomic mass is 10.00. The number of carbonyl (C=O) groups is 2. The number of allylic oxidation sites excluding steroid dienone is 1. The average molecular weight is 308 g/mol.